The molecule has 106 valence electrons. The first-order valence-electron chi connectivity index (χ1n) is 5.59. The average Bonchev–Trinajstić information content (AvgIpc) is 2.65. The Morgan fingerprint density at radius 1 is 1.47 bits per heavy atom. The van der Waals surface area contributed by atoms with Crippen LogP contribution in [-0.2, 0) is 19.4 Å². The maximum atomic E-state index is 11.8. The second-order valence-corrected chi connectivity index (χ2v) is 7.70. The lowest BCUT2D eigenvalue weighted by atomic mass is 10.4. The predicted molar refractivity (Wildman–Crippen MR) is 72.6 cm³/mol. The SMILES string of the molecule is C#CCN(CC(=O)O)C(=O)CSC1CCS(=O)(=O)C1. The van der Waals surface area contributed by atoms with Crippen molar-refractivity contribution in [2.24, 2.45) is 0 Å². The van der Waals surface area contributed by atoms with Crippen LogP contribution in [0, 0.1) is 12.3 Å². The lowest BCUT2D eigenvalue weighted by molar-refractivity contribution is -0.143. The number of carboxylic acids is 1. The Morgan fingerprint density at radius 2 is 2.16 bits per heavy atom. The summed E-state index contributed by atoms with van der Waals surface area (Å²) < 4.78 is 22.5. The summed E-state index contributed by atoms with van der Waals surface area (Å²) in [5.74, 6) is 1.01. The number of nitrogens with zero attached hydrogens (tertiary/aromatic N) is 1. The third-order valence-electron chi connectivity index (χ3n) is 2.59. The molecule has 1 saturated heterocycles. The molecule has 8 heteroatoms. The summed E-state index contributed by atoms with van der Waals surface area (Å²) in [5, 5.41) is 8.57. The van der Waals surface area contributed by atoms with E-state index < -0.39 is 22.4 Å². The molecule has 1 fully saturated rings. The van der Waals surface area contributed by atoms with Crippen LogP contribution >= 0.6 is 11.8 Å². The molecule has 1 N–H and O–H groups in total. The van der Waals surface area contributed by atoms with E-state index in [0.717, 1.165) is 4.90 Å². The molecule has 1 amide bonds. The van der Waals surface area contributed by atoms with Crippen LogP contribution in [0.15, 0.2) is 0 Å². The van der Waals surface area contributed by atoms with E-state index >= 15 is 0 Å². The maximum absolute atomic E-state index is 11.8. The summed E-state index contributed by atoms with van der Waals surface area (Å²) in [4.78, 5) is 23.4. The van der Waals surface area contributed by atoms with Crippen LogP contribution in [0.2, 0.25) is 0 Å². The molecule has 0 aliphatic carbocycles. The normalized spacial score (nSPS) is 20.7. The standard InChI is InChI=1S/C11H15NO5S2/c1-2-4-12(6-11(14)15)10(13)7-18-9-3-5-19(16,17)8-9/h1,9H,3-8H2,(H,14,15). The Bertz CT molecular complexity index is 494. The molecule has 1 aliphatic rings. The maximum Gasteiger partial charge on any atom is 0.323 e. The molecule has 0 radical (unpaired) electrons. The van der Waals surface area contributed by atoms with E-state index in [1.807, 2.05) is 0 Å². The number of thioether (sulfide) groups is 1. The first-order chi connectivity index (χ1) is 8.84. The van der Waals surface area contributed by atoms with Gasteiger partial charge in [-0.3, -0.25) is 9.59 Å². The molecular formula is C11H15NO5S2. The molecular weight excluding hydrogens is 290 g/mol. The molecule has 0 saturated carbocycles. The van der Waals surface area contributed by atoms with Crippen LogP contribution in [0.3, 0.4) is 0 Å². The van der Waals surface area contributed by atoms with Crippen LogP contribution in [0.25, 0.3) is 0 Å². The topological polar surface area (TPSA) is 91.8 Å². The number of hydrogen-bond donors (Lipinski definition) is 1. The summed E-state index contributed by atoms with van der Waals surface area (Å²) >= 11 is 1.24. The van der Waals surface area contributed by atoms with E-state index in [4.69, 9.17) is 11.5 Å². The van der Waals surface area contributed by atoms with Crippen molar-refractivity contribution in [3.8, 4) is 12.3 Å². The molecule has 0 aromatic carbocycles. The lowest BCUT2D eigenvalue weighted by Gasteiger charge is -2.18. The number of aliphatic carboxylic acids is 1. The molecule has 0 spiro atoms. The van der Waals surface area contributed by atoms with Crippen molar-refractivity contribution in [2.75, 3.05) is 30.3 Å². The third-order valence-corrected chi connectivity index (χ3v) is 5.86. The van der Waals surface area contributed by atoms with Gasteiger partial charge in [-0.05, 0) is 6.42 Å². The van der Waals surface area contributed by atoms with Gasteiger partial charge in [0.05, 0.1) is 23.8 Å². The molecule has 1 heterocycles. The summed E-state index contributed by atoms with van der Waals surface area (Å²) in [6, 6.07) is 0. The van der Waals surface area contributed by atoms with Crippen molar-refractivity contribution in [1.29, 1.82) is 0 Å². The Kier molecular flexibility index (Phi) is 5.69. The number of carbonyl (C=O) groups is 2. The van der Waals surface area contributed by atoms with Crippen molar-refractivity contribution < 1.29 is 23.1 Å². The molecule has 0 bridgehead atoms. The molecule has 1 atom stereocenters. The lowest BCUT2D eigenvalue weighted by Crippen LogP contribution is -2.37. The zero-order chi connectivity index (χ0) is 14.5. The van der Waals surface area contributed by atoms with E-state index in [0.29, 0.717) is 6.42 Å². The van der Waals surface area contributed by atoms with Crippen LogP contribution in [0.1, 0.15) is 6.42 Å². The van der Waals surface area contributed by atoms with Crippen LogP contribution in [0.5, 0.6) is 0 Å². The van der Waals surface area contributed by atoms with Gasteiger partial charge in [0.1, 0.15) is 6.54 Å². The van der Waals surface area contributed by atoms with E-state index in [1.165, 1.54) is 11.8 Å². The van der Waals surface area contributed by atoms with Gasteiger partial charge in [-0.25, -0.2) is 8.42 Å². The van der Waals surface area contributed by atoms with Gasteiger partial charge in [0.15, 0.2) is 9.84 Å². The van der Waals surface area contributed by atoms with Gasteiger partial charge in [-0.15, -0.1) is 18.2 Å². The van der Waals surface area contributed by atoms with Crippen molar-refractivity contribution >= 4 is 33.5 Å². The van der Waals surface area contributed by atoms with Crippen molar-refractivity contribution in [3.05, 3.63) is 0 Å². The Labute approximate surface area is 116 Å². The van der Waals surface area contributed by atoms with Gasteiger partial charge in [0, 0.05) is 5.25 Å². The number of carboxylic acid groups (broad SMARTS) is 1. The first kappa shape index (κ1) is 15.9. The Morgan fingerprint density at radius 3 is 2.63 bits per heavy atom. The number of hydrogen-bond acceptors (Lipinski definition) is 5. The monoisotopic (exact) mass is 305 g/mol. The summed E-state index contributed by atoms with van der Waals surface area (Å²) in [6.45, 7) is -0.499. The highest BCUT2D eigenvalue weighted by atomic mass is 32.2. The minimum absolute atomic E-state index is 0.0507. The fraction of sp³-hybridized carbons (Fsp3) is 0.636. The van der Waals surface area contributed by atoms with Crippen LogP contribution in [-0.4, -0.2) is 65.9 Å². The highest BCUT2D eigenvalue weighted by Gasteiger charge is 2.29. The molecule has 0 aromatic heterocycles. The smallest absolute Gasteiger partial charge is 0.323 e. The minimum Gasteiger partial charge on any atom is -0.480 e. The number of carbonyl (C=O) groups excluding carboxylic acids is 1. The largest absolute Gasteiger partial charge is 0.480 e. The zero-order valence-electron chi connectivity index (χ0n) is 10.2. The van der Waals surface area contributed by atoms with E-state index in [2.05, 4.69) is 5.92 Å². The number of rotatable bonds is 6. The molecule has 0 aromatic rings. The first-order valence-corrected chi connectivity index (χ1v) is 8.46. The number of amides is 1. The van der Waals surface area contributed by atoms with Gasteiger partial charge >= 0.3 is 5.97 Å². The fourth-order valence-corrected chi connectivity index (χ4v) is 5.22. The minimum atomic E-state index is -2.97. The summed E-state index contributed by atoms with van der Waals surface area (Å²) in [5.41, 5.74) is 0. The molecule has 1 unspecified atom stereocenters. The Balaban J connectivity index is 2.45. The molecule has 1 aliphatic heterocycles. The van der Waals surface area contributed by atoms with Crippen LogP contribution < -0.4 is 0 Å². The number of terminal acetylenes is 1. The van der Waals surface area contributed by atoms with Crippen molar-refractivity contribution in [2.45, 2.75) is 11.7 Å². The average molecular weight is 305 g/mol. The van der Waals surface area contributed by atoms with Gasteiger partial charge in [0.2, 0.25) is 5.91 Å². The summed E-state index contributed by atoms with van der Waals surface area (Å²) in [6.07, 6.45) is 5.61. The fourth-order valence-electron chi connectivity index (χ4n) is 1.68. The molecule has 19 heavy (non-hydrogen) atoms. The van der Waals surface area contributed by atoms with Gasteiger partial charge in [-0.1, -0.05) is 5.92 Å². The van der Waals surface area contributed by atoms with Gasteiger partial charge in [-0.2, -0.15) is 0 Å². The van der Waals surface area contributed by atoms with E-state index in [9.17, 15) is 18.0 Å². The predicted octanol–water partition coefficient (Wildman–Crippen LogP) is -0.547. The van der Waals surface area contributed by atoms with Crippen molar-refractivity contribution in [1.82, 2.24) is 4.90 Å². The zero-order valence-corrected chi connectivity index (χ0v) is 11.9. The van der Waals surface area contributed by atoms with E-state index in [1.54, 1.807) is 0 Å². The van der Waals surface area contributed by atoms with Gasteiger partial charge < -0.3 is 10.0 Å². The second-order valence-electron chi connectivity index (χ2n) is 4.18. The van der Waals surface area contributed by atoms with Gasteiger partial charge in [0.25, 0.3) is 0 Å². The van der Waals surface area contributed by atoms with Crippen LogP contribution in [0.4, 0.5) is 0 Å². The Hall–Kier alpha value is -1.20. The number of sulfone groups is 1. The van der Waals surface area contributed by atoms with E-state index in [-0.39, 0.29) is 35.0 Å². The highest BCUT2D eigenvalue weighted by Crippen LogP contribution is 2.24. The third kappa shape index (κ3) is 5.53. The quantitative estimate of drug-likeness (QED) is 0.662. The van der Waals surface area contributed by atoms with Crippen molar-refractivity contribution in [3.63, 3.8) is 0 Å². The molecule has 6 nitrogen and oxygen atoms in total. The second kappa shape index (κ2) is 6.82. The summed E-state index contributed by atoms with van der Waals surface area (Å²) in [7, 11) is -2.97. The molecule has 1 rings (SSSR count). The highest BCUT2D eigenvalue weighted by molar-refractivity contribution is 8.02.